The van der Waals surface area contributed by atoms with Crippen LogP contribution >= 0.6 is 11.6 Å². The van der Waals surface area contributed by atoms with Crippen molar-refractivity contribution >= 4 is 27.3 Å². The number of ether oxygens (including phenoxy) is 1. The van der Waals surface area contributed by atoms with Crippen LogP contribution in [0.4, 0.5) is 5.69 Å². The Morgan fingerprint density at radius 1 is 1.55 bits per heavy atom. The van der Waals surface area contributed by atoms with Crippen LogP contribution in [0.1, 0.15) is 5.56 Å². The maximum absolute atomic E-state index is 12.6. The Kier molecular flexibility index (Phi) is 5.03. The molecule has 22 heavy (non-hydrogen) atoms. The predicted molar refractivity (Wildman–Crippen MR) is 80.4 cm³/mol. The number of hydrogen-bond donors (Lipinski definition) is 1. The van der Waals surface area contributed by atoms with Crippen LogP contribution < -0.4 is 5.73 Å². The molecule has 1 saturated heterocycles. The molecule has 0 saturated carbocycles. The molecule has 0 amide bonds. The number of nitro groups is 1. The van der Waals surface area contributed by atoms with Gasteiger partial charge in [-0.25, -0.2) is 8.42 Å². The van der Waals surface area contributed by atoms with Crippen molar-refractivity contribution in [2.75, 3.05) is 26.2 Å². The molecule has 1 heterocycles. The Hall–Kier alpha value is -1.26. The van der Waals surface area contributed by atoms with E-state index in [0.29, 0.717) is 0 Å². The number of rotatable bonds is 4. The van der Waals surface area contributed by atoms with Crippen molar-refractivity contribution < 1.29 is 18.1 Å². The summed E-state index contributed by atoms with van der Waals surface area (Å²) >= 11 is 5.93. The molecule has 122 valence electrons. The Labute approximate surface area is 133 Å². The summed E-state index contributed by atoms with van der Waals surface area (Å²) in [7, 11) is -3.89. The van der Waals surface area contributed by atoms with Crippen LogP contribution in [-0.4, -0.2) is 50.0 Å². The summed E-state index contributed by atoms with van der Waals surface area (Å²) in [6.45, 7) is 2.16. The minimum absolute atomic E-state index is 0.0383. The highest BCUT2D eigenvalue weighted by atomic mass is 35.5. The summed E-state index contributed by atoms with van der Waals surface area (Å²) in [6.07, 6.45) is -0.389. The minimum atomic E-state index is -3.89. The molecule has 0 aliphatic carbocycles. The summed E-state index contributed by atoms with van der Waals surface area (Å²) in [5, 5.41) is 11.1. The molecule has 0 aromatic heterocycles. The van der Waals surface area contributed by atoms with Crippen LogP contribution in [0.25, 0.3) is 0 Å². The van der Waals surface area contributed by atoms with E-state index in [1.165, 1.54) is 17.3 Å². The second-order valence-corrected chi connectivity index (χ2v) is 7.24. The summed E-state index contributed by atoms with van der Waals surface area (Å²) in [4.78, 5) is 10.2. The number of sulfonamides is 1. The summed E-state index contributed by atoms with van der Waals surface area (Å²) in [6, 6.07) is 2.26. The normalized spacial score (nSPS) is 20.0. The first-order valence-corrected chi connectivity index (χ1v) is 8.35. The Morgan fingerprint density at radius 3 is 2.82 bits per heavy atom. The molecule has 1 atom stereocenters. The third-order valence-corrected chi connectivity index (χ3v) is 5.72. The van der Waals surface area contributed by atoms with E-state index < -0.39 is 14.9 Å². The second kappa shape index (κ2) is 6.47. The van der Waals surface area contributed by atoms with Crippen molar-refractivity contribution in [3.8, 4) is 0 Å². The summed E-state index contributed by atoms with van der Waals surface area (Å²) in [5.41, 5.74) is 5.40. The van der Waals surface area contributed by atoms with Crippen molar-refractivity contribution in [2.45, 2.75) is 17.9 Å². The number of nitrogens with zero attached hydrogens (tertiary/aromatic N) is 2. The number of halogens is 1. The Balaban J connectivity index is 2.43. The first-order chi connectivity index (χ1) is 10.3. The molecule has 2 rings (SSSR count). The van der Waals surface area contributed by atoms with Gasteiger partial charge in [0, 0.05) is 31.3 Å². The van der Waals surface area contributed by atoms with Crippen LogP contribution in [0.15, 0.2) is 17.0 Å². The Bertz CT molecular complexity index is 694. The topological polar surface area (TPSA) is 116 Å². The number of benzene rings is 1. The fraction of sp³-hybridized carbons (Fsp3) is 0.500. The van der Waals surface area contributed by atoms with E-state index in [1.807, 2.05) is 0 Å². The lowest BCUT2D eigenvalue weighted by Crippen LogP contribution is -2.48. The van der Waals surface area contributed by atoms with Crippen LogP contribution in [0, 0.1) is 17.0 Å². The number of morpholine rings is 1. The maximum atomic E-state index is 12.6. The van der Waals surface area contributed by atoms with E-state index >= 15 is 0 Å². The van der Waals surface area contributed by atoms with Gasteiger partial charge < -0.3 is 10.5 Å². The molecule has 1 aromatic rings. The third-order valence-electron chi connectivity index (χ3n) is 3.49. The summed E-state index contributed by atoms with van der Waals surface area (Å²) in [5.74, 6) is 0. The van der Waals surface area contributed by atoms with Gasteiger partial charge in [0.1, 0.15) is 0 Å². The highest BCUT2D eigenvalue weighted by Crippen LogP contribution is 2.31. The molecule has 1 unspecified atom stereocenters. The first-order valence-electron chi connectivity index (χ1n) is 6.53. The number of hydrogen-bond acceptors (Lipinski definition) is 6. The van der Waals surface area contributed by atoms with Gasteiger partial charge in [-0.3, -0.25) is 10.1 Å². The van der Waals surface area contributed by atoms with Gasteiger partial charge >= 0.3 is 0 Å². The molecular weight excluding hydrogens is 334 g/mol. The standard InChI is InChI=1S/C12H16ClN3O5S/c1-8-11(13)4-10(5-12(8)16(17)18)22(19,20)15-2-3-21-9(6-14)7-15/h4-5,9H,2-3,6-7,14H2,1H3. The van der Waals surface area contributed by atoms with E-state index in [-0.39, 0.29) is 53.5 Å². The van der Waals surface area contributed by atoms with Crippen LogP contribution in [-0.2, 0) is 14.8 Å². The third kappa shape index (κ3) is 3.23. The van der Waals surface area contributed by atoms with Crippen molar-refractivity contribution in [3.05, 3.63) is 32.8 Å². The van der Waals surface area contributed by atoms with Crippen molar-refractivity contribution in [1.29, 1.82) is 0 Å². The zero-order valence-electron chi connectivity index (χ0n) is 11.9. The van der Waals surface area contributed by atoms with Gasteiger partial charge in [0.15, 0.2) is 0 Å². The van der Waals surface area contributed by atoms with Gasteiger partial charge in [0.2, 0.25) is 10.0 Å². The first kappa shape index (κ1) is 17.1. The van der Waals surface area contributed by atoms with Crippen LogP contribution in [0.3, 0.4) is 0 Å². The van der Waals surface area contributed by atoms with E-state index in [0.717, 1.165) is 6.07 Å². The number of nitrogens with two attached hydrogens (primary N) is 1. The van der Waals surface area contributed by atoms with Gasteiger partial charge in [-0.2, -0.15) is 4.31 Å². The SMILES string of the molecule is Cc1c(Cl)cc(S(=O)(=O)N2CCOC(CN)C2)cc1[N+](=O)[O-]. The van der Waals surface area contributed by atoms with E-state index in [2.05, 4.69) is 0 Å². The molecule has 10 heteroatoms. The Morgan fingerprint density at radius 2 is 2.23 bits per heavy atom. The average Bonchev–Trinajstić information content (AvgIpc) is 2.49. The van der Waals surface area contributed by atoms with Gasteiger partial charge in [-0.15, -0.1) is 0 Å². The molecule has 1 aliphatic heterocycles. The van der Waals surface area contributed by atoms with Gasteiger partial charge in [0.25, 0.3) is 5.69 Å². The van der Waals surface area contributed by atoms with E-state index in [9.17, 15) is 18.5 Å². The molecule has 0 spiro atoms. The quantitative estimate of drug-likeness (QED) is 0.637. The fourth-order valence-electron chi connectivity index (χ4n) is 2.18. The zero-order chi connectivity index (χ0) is 16.5. The van der Waals surface area contributed by atoms with Crippen molar-refractivity contribution in [1.82, 2.24) is 4.31 Å². The van der Waals surface area contributed by atoms with Gasteiger partial charge in [0.05, 0.1) is 27.6 Å². The lowest BCUT2D eigenvalue weighted by molar-refractivity contribution is -0.385. The molecule has 1 fully saturated rings. The fourth-order valence-corrected chi connectivity index (χ4v) is 3.96. The van der Waals surface area contributed by atoms with Crippen LogP contribution in [0.5, 0.6) is 0 Å². The molecular formula is C12H16ClN3O5S. The number of nitro benzene ring substituents is 1. The highest BCUT2D eigenvalue weighted by molar-refractivity contribution is 7.89. The largest absolute Gasteiger partial charge is 0.374 e. The second-order valence-electron chi connectivity index (χ2n) is 4.90. The molecule has 0 bridgehead atoms. The average molecular weight is 350 g/mol. The smallest absolute Gasteiger partial charge is 0.275 e. The monoisotopic (exact) mass is 349 g/mol. The maximum Gasteiger partial charge on any atom is 0.275 e. The molecule has 0 radical (unpaired) electrons. The van der Waals surface area contributed by atoms with E-state index in [4.69, 9.17) is 22.1 Å². The summed E-state index contributed by atoms with van der Waals surface area (Å²) < 4.78 is 31.8. The molecule has 1 aromatic carbocycles. The zero-order valence-corrected chi connectivity index (χ0v) is 13.4. The molecule has 8 nitrogen and oxygen atoms in total. The minimum Gasteiger partial charge on any atom is -0.374 e. The lowest BCUT2D eigenvalue weighted by Gasteiger charge is -2.31. The molecule has 2 N–H and O–H groups in total. The van der Waals surface area contributed by atoms with E-state index in [1.54, 1.807) is 0 Å². The predicted octanol–water partition coefficient (Wildman–Crippen LogP) is 0.905. The van der Waals surface area contributed by atoms with Gasteiger partial charge in [-0.1, -0.05) is 11.6 Å². The lowest BCUT2D eigenvalue weighted by atomic mass is 10.2. The van der Waals surface area contributed by atoms with Crippen LogP contribution in [0.2, 0.25) is 5.02 Å². The molecule has 1 aliphatic rings. The van der Waals surface area contributed by atoms with Crippen molar-refractivity contribution in [2.24, 2.45) is 5.73 Å². The van der Waals surface area contributed by atoms with Gasteiger partial charge in [-0.05, 0) is 13.0 Å². The van der Waals surface area contributed by atoms with Crippen molar-refractivity contribution in [3.63, 3.8) is 0 Å². The highest BCUT2D eigenvalue weighted by Gasteiger charge is 2.32.